The molecule has 0 saturated carbocycles. The molecule has 2 aromatic carbocycles. The van der Waals surface area contributed by atoms with Gasteiger partial charge in [0, 0.05) is 17.4 Å². The van der Waals surface area contributed by atoms with Crippen LogP contribution in [0.15, 0.2) is 54.7 Å². The number of amides is 1. The maximum Gasteiger partial charge on any atom is 0.228 e. The van der Waals surface area contributed by atoms with E-state index in [1.807, 2.05) is 36.5 Å². The van der Waals surface area contributed by atoms with Crippen molar-refractivity contribution in [3.8, 4) is 21.0 Å². The van der Waals surface area contributed by atoms with E-state index in [1.54, 1.807) is 11.3 Å². The number of anilines is 1. The zero-order valence-corrected chi connectivity index (χ0v) is 12.0. The Labute approximate surface area is 126 Å². The molecule has 2 heterocycles. The first-order valence-corrected chi connectivity index (χ1v) is 7.56. The Morgan fingerprint density at radius 3 is 2.76 bits per heavy atom. The fraction of sp³-hybridized carbons (Fsp3) is 0.0588. The monoisotopic (exact) mass is 292 g/mol. The Morgan fingerprint density at radius 1 is 1.05 bits per heavy atom. The van der Waals surface area contributed by atoms with Gasteiger partial charge in [-0.15, -0.1) is 11.3 Å². The molecule has 102 valence electrons. The summed E-state index contributed by atoms with van der Waals surface area (Å²) in [5.41, 5.74) is 4.22. The minimum absolute atomic E-state index is 0.0614. The summed E-state index contributed by atoms with van der Waals surface area (Å²) in [6.45, 7) is 0. The van der Waals surface area contributed by atoms with Crippen LogP contribution in [0, 0.1) is 0 Å². The third-order valence-electron chi connectivity index (χ3n) is 3.54. The molecule has 1 aromatic heterocycles. The summed E-state index contributed by atoms with van der Waals surface area (Å²) < 4.78 is 0. The van der Waals surface area contributed by atoms with Gasteiger partial charge >= 0.3 is 0 Å². The molecule has 3 aromatic rings. The highest BCUT2D eigenvalue weighted by atomic mass is 32.1. The van der Waals surface area contributed by atoms with E-state index >= 15 is 0 Å². The molecule has 1 N–H and O–H groups in total. The van der Waals surface area contributed by atoms with Gasteiger partial charge < -0.3 is 5.32 Å². The van der Waals surface area contributed by atoms with Gasteiger partial charge in [0.25, 0.3) is 0 Å². The molecule has 1 aliphatic rings. The zero-order chi connectivity index (χ0) is 14.2. The third-order valence-corrected chi connectivity index (χ3v) is 4.64. The maximum atomic E-state index is 11.4. The fourth-order valence-corrected chi connectivity index (χ4v) is 3.42. The molecule has 0 atom stereocenters. The van der Waals surface area contributed by atoms with Crippen LogP contribution in [0.1, 0.15) is 5.56 Å². The summed E-state index contributed by atoms with van der Waals surface area (Å²) in [6, 6.07) is 16.3. The van der Waals surface area contributed by atoms with Crippen LogP contribution in [0.2, 0.25) is 0 Å². The van der Waals surface area contributed by atoms with Crippen LogP contribution >= 0.6 is 11.3 Å². The first kappa shape index (κ1) is 12.3. The highest BCUT2D eigenvalue weighted by Gasteiger charge is 2.18. The van der Waals surface area contributed by atoms with Gasteiger partial charge in [0.05, 0.1) is 11.3 Å². The lowest BCUT2D eigenvalue weighted by atomic mass is 10.1. The number of aromatic nitrogens is 1. The van der Waals surface area contributed by atoms with Crippen LogP contribution in [-0.4, -0.2) is 10.9 Å². The van der Waals surface area contributed by atoms with Crippen LogP contribution in [0.5, 0.6) is 0 Å². The summed E-state index contributed by atoms with van der Waals surface area (Å²) in [5, 5.41) is 3.83. The highest BCUT2D eigenvalue weighted by molar-refractivity contribution is 7.18. The molecule has 0 saturated heterocycles. The van der Waals surface area contributed by atoms with Crippen molar-refractivity contribution >= 4 is 22.9 Å². The molecule has 0 unspecified atom stereocenters. The normalized spacial score (nSPS) is 13.0. The number of hydrogen-bond acceptors (Lipinski definition) is 3. The number of nitrogens with one attached hydrogen (secondary N) is 1. The second-order valence-electron chi connectivity index (χ2n) is 4.99. The van der Waals surface area contributed by atoms with E-state index in [1.165, 1.54) is 5.56 Å². The van der Waals surface area contributed by atoms with Crippen LogP contribution < -0.4 is 5.32 Å². The average molecular weight is 292 g/mol. The second-order valence-corrected chi connectivity index (χ2v) is 6.02. The second kappa shape index (κ2) is 4.82. The molecule has 4 heteroatoms. The Hall–Kier alpha value is -2.46. The van der Waals surface area contributed by atoms with Gasteiger partial charge in [0.2, 0.25) is 5.91 Å². The molecule has 1 aliphatic heterocycles. The van der Waals surface area contributed by atoms with Crippen molar-refractivity contribution in [2.24, 2.45) is 0 Å². The molecular weight excluding hydrogens is 280 g/mol. The molecule has 0 aliphatic carbocycles. The van der Waals surface area contributed by atoms with Gasteiger partial charge in [0.15, 0.2) is 0 Å². The molecule has 3 nitrogen and oxygen atoms in total. The smallest absolute Gasteiger partial charge is 0.228 e. The fourth-order valence-electron chi connectivity index (χ4n) is 2.51. The van der Waals surface area contributed by atoms with E-state index in [2.05, 4.69) is 28.5 Å². The van der Waals surface area contributed by atoms with Crippen LogP contribution in [0.25, 0.3) is 21.0 Å². The summed E-state index contributed by atoms with van der Waals surface area (Å²) in [5.74, 6) is 0.0614. The van der Waals surface area contributed by atoms with Crippen molar-refractivity contribution in [2.45, 2.75) is 6.42 Å². The summed E-state index contributed by atoms with van der Waals surface area (Å²) >= 11 is 1.67. The minimum Gasteiger partial charge on any atom is -0.326 e. The van der Waals surface area contributed by atoms with Crippen molar-refractivity contribution in [1.82, 2.24) is 4.98 Å². The first-order valence-electron chi connectivity index (χ1n) is 6.74. The summed E-state index contributed by atoms with van der Waals surface area (Å²) in [4.78, 5) is 17.1. The summed E-state index contributed by atoms with van der Waals surface area (Å²) in [6.07, 6.45) is 2.37. The van der Waals surface area contributed by atoms with E-state index in [4.69, 9.17) is 0 Å². The Kier molecular flexibility index (Phi) is 2.82. The van der Waals surface area contributed by atoms with E-state index in [0.29, 0.717) is 6.42 Å². The van der Waals surface area contributed by atoms with Crippen molar-refractivity contribution in [3.63, 3.8) is 0 Å². The average Bonchev–Trinajstić information content (AvgIpc) is 3.12. The van der Waals surface area contributed by atoms with Gasteiger partial charge in [-0.1, -0.05) is 30.3 Å². The van der Waals surface area contributed by atoms with E-state index in [9.17, 15) is 4.79 Å². The van der Waals surface area contributed by atoms with Crippen molar-refractivity contribution in [2.75, 3.05) is 5.32 Å². The van der Waals surface area contributed by atoms with Gasteiger partial charge in [-0.25, -0.2) is 4.98 Å². The number of carbonyl (C=O) groups excluding carboxylic acids is 1. The first-order chi connectivity index (χ1) is 10.3. The van der Waals surface area contributed by atoms with Gasteiger partial charge in [-0.05, 0) is 29.3 Å². The topological polar surface area (TPSA) is 42.0 Å². The molecule has 4 rings (SSSR count). The van der Waals surface area contributed by atoms with E-state index in [0.717, 1.165) is 26.7 Å². The van der Waals surface area contributed by atoms with Crippen LogP contribution in [0.3, 0.4) is 0 Å². The largest absolute Gasteiger partial charge is 0.326 e. The molecule has 21 heavy (non-hydrogen) atoms. The third kappa shape index (κ3) is 2.23. The number of fused-ring (bicyclic) bond motifs is 1. The zero-order valence-electron chi connectivity index (χ0n) is 11.2. The van der Waals surface area contributed by atoms with E-state index < -0.39 is 0 Å². The van der Waals surface area contributed by atoms with Crippen LogP contribution in [0.4, 0.5) is 5.69 Å². The predicted molar refractivity (Wildman–Crippen MR) is 85.3 cm³/mol. The van der Waals surface area contributed by atoms with Crippen molar-refractivity contribution in [1.29, 1.82) is 0 Å². The predicted octanol–water partition coefficient (Wildman–Crippen LogP) is 3.97. The SMILES string of the molecule is O=C1Cc2cc(-c3ncc(-c4ccccc4)s3)ccc2N1. The number of carbonyl (C=O) groups is 1. The van der Waals surface area contributed by atoms with Gasteiger partial charge in [-0.3, -0.25) is 4.79 Å². The van der Waals surface area contributed by atoms with Crippen molar-refractivity contribution < 1.29 is 4.79 Å². The Balaban J connectivity index is 1.71. The number of thiazole rings is 1. The number of nitrogens with zero attached hydrogens (tertiary/aromatic N) is 1. The molecule has 1 amide bonds. The van der Waals surface area contributed by atoms with E-state index in [-0.39, 0.29) is 5.91 Å². The minimum atomic E-state index is 0.0614. The maximum absolute atomic E-state index is 11.4. The summed E-state index contributed by atoms with van der Waals surface area (Å²) in [7, 11) is 0. The number of rotatable bonds is 2. The van der Waals surface area contributed by atoms with Gasteiger partial charge in [0.1, 0.15) is 5.01 Å². The van der Waals surface area contributed by atoms with Crippen molar-refractivity contribution in [3.05, 3.63) is 60.3 Å². The molecule has 0 fully saturated rings. The molecule has 0 radical (unpaired) electrons. The van der Waals surface area contributed by atoms with Gasteiger partial charge in [-0.2, -0.15) is 0 Å². The quantitative estimate of drug-likeness (QED) is 0.776. The lowest BCUT2D eigenvalue weighted by Crippen LogP contribution is -2.03. The lowest BCUT2D eigenvalue weighted by molar-refractivity contribution is -0.115. The lowest BCUT2D eigenvalue weighted by Gasteiger charge is -2.01. The highest BCUT2D eigenvalue weighted by Crippen LogP contribution is 2.34. The molecular formula is C17H12N2OS. The standard InChI is InChI=1S/C17H12N2OS/c20-16-9-13-8-12(6-7-14(13)19-16)17-18-10-15(21-17)11-4-2-1-3-5-11/h1-8,10H,9H2,(H,19,20). The number of benzene rings is 2. The molecule has 0 spiro atoms. The molecule has 0 bridgehead atoms. The Morgan fingerprint density at radius 2 is 1.90 bits per heavy atom. The number of hydrogen-bond donors (Lipinski definition) is 1. The van der Waals surface area contributed by atoms with Crippen LogP contribution in [-0.2, 0) is 11.2 Å². The Bertz CT molecular complexity index is 824.